The van der Waals surface area contributed by atoms with Crippen molar-refractivity contribution in [1.82, 2.24) is 4.90 Å². The lowest BCUT2D eigenvalue weighted by Gasteiger charge is -2.17. The largest absolute Gasteiger partial charge is 0.375 e. The van der Waals surface area contributed by atoms with E-state index in [0.29, 0.717) is 0 Å². The zero-order valence-corrected chi connectivity index (χ0v) is 9.37. The Morgan fingerprint density at radius 3 is 2.93 bits per heavy atom. The quantitative estimate of drug-likeness (QED) is 0.616. The number of likely N-dealkylation sites (N-methyl/N-ethyl adjacent to an activating group) is 1. The zero-order chi connectivity index (χ0) is 10.4. The second kappa shape index (κ2) is 5.69. The van der Waals surface area contributed by atoms with Crippen molar-refractivity contribution in [2.45, 2.75) is 26.2 Å². The van der Waals surface area contributed by atoms with E-state index in [1.54, 1.807) is 0 Å². The van der Waals surface area contributed by atoms with Crippen LogP contribution < -0.4 is 0 Å². The highest BCUT2D eigenvalue weighted by atomic mass is 15.1. The maximum absolute atomic E-state index is 3.90. The van der Waals surface area contributed by atoms with Crippen LogP contribution in [0.15, 0.2) is 36.6 Å². The third-order valence-electron chi connectivity index (χ3n) is 2.75. The highest BCUT2D eigenvalue weighted by molar-refractivity contribution is 5.00. The van der Waals surface area contributed by atoms with Gasteiger partial charge in [0.15, 0.2) is 0 Å². The van der Waals surface area contributed by atoms with Gasteiger partial charge in [0.2, 0.25) is 0 Å². The van der Waals surface area contributed by atoms with E-state index in [2.05, 4.69) is 42.8 Å². The molecule has 0 amide bonds. The molecule has 1 heteroatoms. The molecule has 0 saturated carbocycles. The van der Waals surface area contributed by atoms with E-state index < -0.39 is 0 Å². The Morgan fingerprint density at radius 1 is 1.57 bits per heavy atom. The highest BCUT2D eigenvalue weighted by Crippen LogP contribution is 2.19. The van der Waals surface area contributed by atoms with E-state index in [4.69, 9.17) is 0 Å². The predicted octanol–water partition coefficient (Wildman–Crippen LogP) is 3.36. The number of hydrogen-bond acceptors (Lipinski definition) is 1. The standard InChI is InChI=1S/C13H21N/c1-12(2)14(3)11-7-10-13-8-5-4-6-9-13/h4-5,7,10,13H,1,6,8-9,11H2,2-3H3/b10-7+. The van der Waals surface area contributed by atoms with E-state index in [-0.39, 0.29) is 0 Å². The first-order valence-corrected chi connectivity index (χ1v) is 5.38. The second-order valence-corrected chi connectivity index (χ2v) is 4.09. The van der Waals surface area contributed by atoms with Crippen LogP contribution in [0.2, 0.25) is 0 Å². The topological polar surface area (TPSA) is 3.24 Å². The molecule has 0 saturated heterocycles. The highest BCUT2D eigenvalue weighted by Gasteiger charge is 2.04. The first kappa shape index (κ1) is 11.1. The minimum atomic E-state index is 0.763. The number of nitrogens with zero attached hydrogens (tertiary/aromatic N) is 1. The summed E-state index contributed by atoms with van der Waals surface area (Å²) in [5.41, 5.74) is 1.12. The maximum Gasteiger partial charge on any atom is 0.0353 e. The molecule has 1 rings (SSSR count). The summed E-state index contributed by atoms with van der Waals surface area (Å²) in [4.78, 5) is 2.16. The van der Waals surface area contributed by atoms with Crippen LogP contribution in [0.5, 0.6) is 0 Å². The first-order valence-electron chi connectivity index (χ1n) is 5.38. The average Bonchev–Trinajstić information content (AvgIpc) is 2.19. The fourth-order valence-corrected chi connectivity index (χ4v) is 1.56. The Labute approximate surface area is 87.8 Å². The lowest BCUT2D eigenvalue weighted by Crippen LogP contribution is -2.15. The fraction of sp³-hybridized carbons (Fsp3) is 0.538. The average molecular weight is 191 g/mol. The van der Waals surface area contributed by atoms with Crippen LogP contribution in [0.3, 0.4) is 0 Å². The third kappa shape index (κ3) is 3.82. The summed E-state index contributed by atoms with van der Waals surface area (Å²) < 4.78 is 0. The third-order valence-corrected chi connectivity index (χ3v) is 2.75. The zero-order valence-electron chi connectivity index (χ0n) is 9.37. The van der Waals surface area contributed by atoms with Crippen molar-refractivity contribution < 1.29 is 0 Å². The van der Waals surface area contributed by atoms with E-state index in [1.165, 1.54) is 19.3 Å². The van der Waals surface area contributed by atoms with Crippen LogP contribution in [0.4, 0.5) is 0 Å². The van der Waals surface area contributed by atoms with Gasteiger partial charge in [-0.2, -0.15) is 0 Å². The Hall–Kier alpha value is -0.980. The molecular weight excluding hydrogens is 170 g/mol. The Bertz CT molecular complexity index is 238. The number of allylic oxidation sites excluding steroid dienone is 4. The van der Waals surface area contributed by atoms with Gasteiger partial charge in [-0.15, -0.1) is 0 Å². The monoisotopic (exact) mass is 191 g/mol. The molecule has 78 valence electrons. The lowest BCUT2D eigenvalue weighted by atomic mass is 9.94. The molecule has 0 fully saturated rings. The van der Waals surface area contributed by atoms with Crippen LogP contribution in [-0.2, 0) is 0 Å². The molecule has 0 aromatic heterocycles. The molecule has 0 radical (unpaired) electrons. The Morgan fingerprint density at radius 2 is 2.36 bits per heavy atom. The molecule has 1 aliphatic rings. The smallest absolute Gasteiger partial charge is 0.0353 e. The Balaban J connectivity index is 2.26. The van der Waals surface area contributed by atoms with Gasteiger partial charge in [-0.3, -0.25) is 0 Å². The van der Waals surface area contributed by atoms with Crippen molar-refractivity contribution in [2.24, 2.45) is 5.92 Å². The molecule has 1 aliphatic carbocycles. The molecule has 1 nitrogen and oxygen atoms in total. The minimum absolute atomic E-state index is 0.763. The van der Waals surface area contributed by atoms with Crippen LogP contribution in [-0.4, -0.2) is 18.5 Å². The summed E-state index contributed by atoms with van der Waals surface area (Å²) in [6, 6.07) is 0. The van der Waals surface area contributed by atoms with E-state index in [1.807, 2.05) is 6.92 Å². The summed E-state index contributed by atoms with van der Waals surface area (Å²) in [5.74, 6) is 0.763. The summed E-state index contributed by atoms with van der Waals surface area (Å²) in [6.07, 6.45) is 13.0. The van der Waals surface area contributed by atoms with Gasteiger partial charge >= 0.3 is 0 Å². The maximum atomic E-state index is 3.90. The number of rotatable bonds is 4. The second-order valence-electron chi connectivity index (χ2n) is 4.09. The van der Waals surface area contributed by atoms with Crippen LogP contribution >= 0.6 is 0 Å². The summed E-state index contributed by atoms with van der Waals surface area (Å²) >= 11 is 0. The van der Waals surface area contributed by atoms with Gasteiger partial charge in [0.05, 0.1) is 0 Å². The summed E-state index contributed by atoms with van der Waals surface area (Å²) in [6.45, 7) is 6.92. The molecule has 1 unspecified atom stereocenters. The number of hydrogen-bond donors (Lipinski definition) is 0. The van der Waals surface area contributed by atoms with Gasteiger partial charge in [-0.05, 0) is 32.1 Å². The van der Waals surface area contributed by atoms with Crippen molar-refractivity contribution in [3.05, 3.63) is 36.6 Å². The van der Waals surface area contributed by atoms with Gasteiger partial charge < -0.3 is 4.90 Å². The van der Waals surface area contributed by atoms with E-state index in [0.717, 1.165) is 18.2 Å². The van der Waals surface area contributed by atoms with E-state index in [9.17, 15) is 0 Å². The van der Waals surface area contributed by atoms with Crippen LogP contribution in [0.25, 0.3) is 0 Å². The summed E-state index contributed by atoms with van der Waals surface area (Å²) in [7, 11) is 2.08. The molecular formula is C13H21N. The fourth-order valence-electron chi connectivity index (χ4n) is 1.56. The van der Waals surface area contributed by atoms with E-state index >= 15 is 0 Å². The van der Waals surface area contributed by atoms with Crippen molar-refractivity contribution >= 4 is 0 Å². The molecule has 1 atom stereocenters. The van der Waals surface area contributed by atoms with Crippen LogP contribution in [0.1, 0.15) is 26.2 Å². The normalized spacial score (nSPS) is 21.4. The molecule has 14 heavy (non-hydrogen) atoms. The van der Waals surface area contributed by atoms with Crippen molar-refractivity contribution in [2.75, 3.05) is 13.6 Å². The molecule has 0 aliphatic heterocycles. The summed E-state index contributed by atoms with van der Waals surface area (Å²) in [5, 5.41) is 0. The van der Waals surface area contributed by atoms with Gasteiger partial charge in [0.1, 0.15) is 0 Å². The van der Waals surface area contributed by atoms with Gasteiger partial charge in [-0.1, -0.05) is 30.9 Å². The molecule has 0 aromatic rings. The molecule has 0 aromatic carbocycles. The predicted molar refractivity (Wildman–Crippen MR) is 63.1 cm³/mol. The van der Waals surface area contributed by atoms with Crippen LogP contribution in [0, 0.1) is 5.92 Å². The first-order chi connectivity index (χ1) is 6.70. The molecule has 0 N–H and O–H groups in total. The van der Waals surface area contributed by atoms with Gasteiger partial charge in [0, 0.05) is 19.3 Å². The molecule has 0 heterocycles. The Kier molecular flexibility index (Phi) is 4.51. The molecule has 0 bridgehead atoms. The molecule has 0 spiro atoms. The van der Waals surface area contributed by atoms with Crippen molar-refractivity contribution in [1.29, 1.82) is 0 Å². The van der Waals surface area contributed by atoms with Gasteiger partial charge in [-0.25, -0.2) is 0 Å². The minimum Gasteiger partial charge on any atom is -0.375 e. The van der Waals surface area contributed by atoms with Crippen molar-refractivity contribution in [3.63, 3.8) is 0 Å². The van der Waals surface area contributed by atoms with Crippen molar-refractivity contribution in [3.8, 4) is 0 Å². The SMILES string of the molecule is C=C(C)N(C)C/C=C/C1CC=CCC1. The van der Waals surface area contributed by atoms with Gasteiger partial charge in [0.25, 0.3) is 0 Å². The lowest BCUT2D eigenvalue weighted by molar-refractivity contribution is 0.465.